The first kappa shape index (κ1) is 13.4. The maximum atomic E-state index is 11.9. The molecule has 1 fully saturated rings. The van der Waals surface area contributed by atoms with E-state index in [-0.39, 0.29) is 12.5 Å². The summed E-state index contributed by atoms with van der Waals surface area (Å²) in [5.74, 6) is -0.401. The molecular weight excluding hydrogens is 246 g/mol. The lowest BCUT2D eigenvalue weighted by Crippen LogP contribution is -2.47. The Morgan fingerprint density at radius 3 is 2.37 bits per heavy atom. The van der Waals surface area contributed by atoms with Gasteiger partial charge in [0, 0.05) is 12.1 Å². The second-order valence-corrected chi connectivity index (χ2v) is 4.85. The van der Waals surface area contributed by atoms with Crippen molar-refractivity contribution in [2.45, 2.75) is 19.3 Å². The van der Waals surface area contributed by atoms with E-state index in [0.717, 1.165) is 6.42 Å². The minimum atomic E-state index is -0.825. The molecule has 1 aromatic carbocycles. The molecule has 2 N–H and O–H groups in total. The Morgan fingerprint density at radius 2 is 1.95 bits per heavy atom. The van der Waals surface area contributed by atoms with E-state index in [2.05, 4.69) is 5.32 Å². The molecule has 0 saturated heterocycles. The summed E-state index contributed by atoms with van der Waals surface area (Å²) >= 11 is 0. The number of carbonyl (C=O) groups is 2. The van der Waals surface area contributed by atoms with Crippen molar-refractivity contribution in [2.75, 3.05) is 13.7 Å². The predicted octanol–water partition coefficient (Wildman–Crippen LogP) is 1.68. The van der Waals surface area contributed by atoms with Crippen LogP contribution in [0.2, 0.25) is 0 Å². The quantitative estimate of drug-likeness (QED) is 0.847. The zero-order valence-corrected chi connectivity index (χ0v) is 10.8. The minimum absolute atomic E-state index is 0.188. The molecule has 0 spiro atoms. The highest BCUT2D eigenvalue weighted by molar-refractivity contribution is 5.94. The Balaban J connectivity index is 1.95. The lowest BCUT2D eigenvalue weighted by molar-refractivity contribution is -0.153. The molecule has 0 unspecified atom stereocenters. The topological polar surface area (TPSA) is 75.6 Å². The van der Waals surface area contributed by atoms with Gasteiger partial charge in [-0.3, -0.25) is 9.59 Å². The molecule has 19 heavy (non-hydrogen) atoms. The van der Waals surface area contributed by atoms with Crippen LogP contribution in [0.25, 0.3) is 0 Å². The summed E-state index contributed by atoms with van der Waals surface area (Å²) in [6.07, 6.45) is 2.17. The van der Waals surface area contributed by atoms with Crippen LogP contribution >= 0.6 is 0 Å². The van der Waals surface area contributed by atoms with Gasteiger partial charge in [-0.15, -0.1) is 0 Å². The summed E-state index contributed by atoms with van der Waals surface area (Å²) in [6.45, 7) is 0.188. The first-order valence-corrected chi connectivity index (χ1v) is 6.23. The highest BCUT2D eigenvalue weighted by Crippen LogP contribution is 2.40. The third kappa shape index (κ3) is 2.70. The SMILES string of the molecule is COc1ccc(C(=O)NCC2(C(=O)O)CCC2)cc1. The fourth-order valence-electron chi connectivity index (χ4n) is 2.16. The number of hydrogen-bond acceptors (Lipinski definition) is 3. The monoisotopic (exact) mass is 263 g/mol. The number of carbonyl (C=O) groups excluding carboxylic acids is 1. The number of carboxylic acid groups (broad SMARTS) is 1. The molecule has 1 aromatic rings. The van der Waals surface area contributed by atoms with Crippen LogP contribution in [0.1, 0.15) is 29.6 Å². The Labute approximate surface area is 111 Å². The van der Waals surface area contributed by atoms with Crippen LogP contribution in [-0.4, -0.2) is 30.6 Å². The minimum Gasteiger partial charge on any atom is -0.497 e. The van der Waals surface area contributed by atoms with Crippen molar-refractivity contribution < 1.29 is 19.4 Å². The molecule has 0 heterocycles. The number of aliphatic carboxylic acids is 1. The molecule has 5 nitrogen and oxygen atoms in total. The molecule has 1 amide bonds. The predicted molar refractivity (Wildman–Crippen MR) is 69.2 cm³/mol. The van der Waals surface area contributed by atoms with E-state index in [1.165, 1.54) is 0 Å². The number of nitrogens with one attached hydrogen (secondary N) is 1. The van der Waals surface area contributed by atoms with Crippen LogP contribution in [0.3, 0.4) is 0 Å². The zero-order valence-electron chi connectivity index (χ0n) is 10.8. The maximum Gasteiger partial charge on any atom is 0.311 e. The summed E-state index contributed by atoms with van der Waals surface area (Å²) in [4.78, 5) is 23.1. The van der Waals surface area contributed by atoms with Crippen molar-refractivity contribution in [2.24, 2.45) is 5.41 Å². The van der Waals surface area contributed by atoms with Gasteiger partial charge in [0.05, 0.1) is 12.5 Å². The summed E-state index contributed by atoms with van der Waals surface area (Å²) in [5.41, 5.74) is -0.261. The van der Waals surface area contributed by atoms with Crippen LogP contribution in [0, 0.1) is 5.41 Å². The maximum absolute atomic E-state index is 11.9. The number of hydrogen-bond donors (Lipinski definition) is 2. The van der Waals surface area contributed by atoms with Gasteiger partial charge in [0.25, 0.3) is 5.91 Å². The third-order valence-corrected chi connectivity index (χ3v) is 3.70. The number of carboxylic acids is 1. The second-order valence-electron chi connectivity index (χ2n) is 4.85. The highest BCUT2D eigenvalue weighted by Gasteiger charge is 2.44. The molecule has 0 aliphatic heterocycles. The molecule has 102 valence electrons. The lowest BCUT2D eigenvalue weighted by atomic mass is 9.69. The molecule has 1 aliphatic rings. The van der Waals surface area contributed by atoms with Gasteiger partial charge in [-0.1, -0.05) is 6.42 Å². The molecule has 0 atom stereocenters. The van der Waals surface area contributed by atoms with Crippen LogP contribution in [0.5, 0.6) is 5.75 Å². The Bertz CT molecular complexity index is 477. The Morgan fingerprint density at radius 1 is 1.32 bits per heavy atom. The van der Waals surface area contributed by atoms with Crippen LogP contribution in [0.15, 0.2) is 24.3 Å². The van der Waals surface area contributed by atoms with Gasteiger partial charge >= 0.3 is 5.97 Å². The van der Waals surface area contributed by atoms with Crippen molar-refractivity contribution in [3.63, 3.8) is 0 Å². The number of rotatable bonds is 5. The fourth-order valence-corrected chi connectivity index (χ4v) is 2.16. The van der Waals surface area contributed by atoms with Gasteiger partial charge in [0.15, 0.2) is 0 Å². The van der Waals surface area contributed by atoms with Crippen molar-refractivity contribution in [1.29, 1.82) is 0 Å². The summed E-state index contributed by atoms with van der Waals surface area (Å²) in [6, 6.07) is 6.71. The molecule has 0 aromatic heterocycles. The first-order chi connectivity index (χ1) is 9.07. The average molecular weight is 263 g/mol. The van der Waals surface area contributed by atoms with Crippen molar-refractivity contribution >= 4 is 11.9 Å². The molecule has 1 saturated carbocycles. The van der Waals surface area contributed by atoms with Crippen molar-refractivity contribution in [1.82, 2.24) is 5.32 Å². The zero-order chi connectivity index (χ0) is 13.9. The fraction of sp³-hybridized carbons (Fsp3) is 0.429. The summed E-state index contributed by atoms with van der Waals surface area (Å²) < 4.78 is 5.01. The van der Waals surface area contributed by atoms with Gasteiger partial charge in [0.2, 0.25) is 0 Å². The van der Waals surface area contributed by atoms with Crippen LogP contribution < -0.4 is 10.1 Å². The van der Waals surface area contributed by atoms with E-state index in [1.807, 2.05) is 0 Å². The van der Waals surface area contributed by atoms with Gasteiger partial charge in [-0.2, -0.15) is 0 Å². The second kappa shape index (κ2) is 5.30. The third-order valence-electron chi connectivity index (χ3n) is 3.70. The molecule has 2 rings (SSSR count). The van der Waals surface area contributed by atoms with Gasteiger partial charge in [-0.25, -0.2) is 0 Å². The van der Waals surface area contributed by atoms with E-state index in [0.29, 0.717) is 24.2 Å². The molecule has 5 heteroatoms. The van der Waals surface area contributed by atoms with Gasteiger partial charge in [0.1, 0.15) is 5.75 Å². The van der Waals surface area contributed by atoms with E-state index >= 15 is 0 Å². The molecule has 0 bridgehead atoms. The van der Waals surface area contributed by atoms with Gasteiger partial charge < -0.3 is 15.2 Å². The molecule has 0 radical (unpaired) electrons. The van der Waals surface area contributed by atoms with Crippen LogP contribution in [-0.2, 0) is 4.79 Å². The average Bonchev–Trinajstić information content (AvgIpc) is 2.37. The number of methoxy groups -OCH3 is 1. The van der Waals surface area contributed by atoms with E-state index < -0.39 is 11.4 Å². The lowest BCUT2D eigenvalue weighted by Gasteiger charge is -2.37. The number of amides is 1. The van der Waals surface area contributed by atoms with E-state index in [4.69, 9.17) is 9.84 Å². The molecule has 1 aliphatic carbocycles. The number of benzene rings is 1. The highest BCUT2D eigenvalue weighted by atomic mass is 16.5. The van der Waals surface area contributed by atoms with Crippen molar-refractivity contribution in [3.05, 3.63) is 29.8 Å². The standard InChI is InChI=1S/C14H17NO4/c1-19-11-5-3-10(4-6-11)12(16)15-9-14(13(17)18)7-2-8-14/h3-6H,2,7-9H2,1H3,(H,15,16)(H,17,18). The molecular formula is C14H17NO4. The van der Waals surface area contributed by atoms with Crippen molar-refractivity contribution in [3.8, 4) is 5.75 Å². The Kier molecular flexibility index (Phi) is 3.74. The normalized spacial score (nSPS) is 16.3. The number of ether oxygens (including phenoxy) is 1. The summed E-state index contributed by atoms with van der Waals surface area (Å²) in [7, 11) is 1.56. The summed E-state index contributed by atoms with van der Waals surface area (Å²) in [5, 5.41) is 11.9. The van der Waals surface area contributed by atoms with E-state index in [9.17, 15) is 9.59 Å². The Hall–Kier alpha value is -2.04. The first-order valence-electron chi connectivity index (χ1n) is 6.23. The smallest absolute Gasteiger partial charge is 0.311 e. The van der Waals surface area contributed by atoms with Gasteiger partial charge in [-0.05, 0) is 37.1 Å². The largest absolute Gasteiger partial charge is 0.497 e. The van der Waals surface area contributed by atoms with Crippen LogP contribution in [0.4, 0.5) is 0 Å². The van der Waals surface area contributed by atoms with E-state index in [1.54, 1.807) is 31.4 Å².